The molecule has 0 aliphatic carbocycles. The van der Waals surface area contributed by atoms with Gasteiger partial charge in [-0.15, -0.1) is 0 Å². The first-order valence-corrected chi connectivity index (χ1v) is 7.86. The molecule has 0 unspecified atom stereocenters. The van der Waals surface area contributed by atoms with Crippen molar-refractivity contribution in [2.45, 2.75) is 19.4 Å². The summed E-state index contributed by atoms with van der Waals surface area (Å²) in [4.78, 5) is 20.6. The molecule has 1 aliphatic heterocycles. The lowest BCUT2D eigenvalue weighted by atomic mass is 9.98. The smallest absolute Gasteiger partial charge is 0.240 e. The Kier molecular flexibility index (Phi) is 3.54. The highest BCUT2D eigenvalue weighted by atomic mass is 16.2. The molecular weight excluding hydrogens is 300 g/mol. The lowest BCUT2D eigenvalue weighted by Gasteiger charge is -2.20. The fourth-order valence-corrected chi connectivity index (χ4v) is 3.05. The van der Waals surface area contributed by atoms with Gasteiger partial charge in [0, 0.05) is 31.3 Å². The van der Waals surface area contributed by atoms with Gasteiger partial charge in [-0.1, -0.05) is 36.4 Å². The van der Waals surface area contributed by atoms with Crippen molar-refractivity contribution in [2.24, 2.45) is 5.10 Å². The fourth-order valence-electron chi connectivity index (χ4n) is 3.05. The number of carbonyl (C=O) groups is 1. The average molecular weight is 316 g/mol. The number of aromatic nitrogens is 2. The average Bonchev–Trinajstić information content (AvgIpc) is 3.08. The lowest BCUT2D eigenvalue weighted by Crippen LogP contribution is -2.24. The molecule has 0 bridgehead atoms. The summed E-state index contributed by atoms with van der Waals surface area (Å²) in [6.07, 6.45) is 4.05. The molecule has 0 saturated heterocycles. The molecule has 0 N–H and O–H groups in total. The van der Waals surface area contributed by atoms with Crippen LogP contribution in [0, 0.1) is 0 Å². The number of fused-ring (bicyclic) bond motifs is 1. The molecule has 2 heterocycles. The summed E-state index contributed by atoms with van der Waals surface area (Å²) in [5.41, 5.74) is 4.64. The number of hydrazone groups is 1. The van der Waals surface area contributed by atoms with E-state index in [1.807, 2.05) is 48.5 Å². The minimum atomic E-state index is -0.0590. The summed E-state index contributed by atoms with van der Waals surface area (Å²) in [5, 5.41) is 6.15. The Morgan fingerprint density at radius 1 is 1.04 bits per heavy atom. The molecule has 1 aromatic heterocycles. The second kappa shape index (κ2) is 5.85. The Bertz CT molecular complexity index is 936. The molecule has 1 atom stereocenters. The molecule has 5 heteroatoms. The van der Waals surface area contributed by atoms with Gasteiger partial charge in [-0.2, -0.15) is 5.10 Å². The van der Waals surface area contributed by atoms with E-state index >= 15 is 0 Å². The van der Waals surface area contributed by atoms with Gasteiger partial charge in [0.15, 0.2) is 0 Å². The topological polar surface area (TPSA) is 58.5 Å². The van der Waals surface area contributed by atoms with Crippen molar-refractivity contribution < 1.29 is 4.79 Å². The van der Waals surface area contributed by atoms with Gasteiger partial charge >= 0.3 is 0 Å². The van der Waals surface area contributed by atoms with E-state index in [0.29, 0.717) is 6.42 Å². The SMILES string of the molecule is CC(=O)N1N=C(c2ccc3nccnc3c2)C[C@H]1c1ccccc1. The second-order valence-corrected chi connectivity index (χ2v) is 5.80. The fraction of sp³-hybridized carbons (Fsp3) is 0.158. The van der Waals surface area contributed by atoms with Crippen molar-refractivity contribution in [1.82, 2.24) is 15.0 Å². The van der Waals surface area contributed by atoms with Crippen molar-refractivity contribution in [3.8, 4) is 0 Å². The van der Waals surface area contributed by atoms with Crippen LogP contribution in [0.3, 0.4) is 0 Å². The Balaban J connectivity index is 1.72. The monoisotopic (exact) mass is 316 g/mol. The van der Waals surface area contributed by atoms with Crippen LogP contribution >= 0.6 is 0 Å². The van der Waals surface area contributed by atoms with Gasteiger partial charge in [0.25, 0.3) is 0 Å². The number of nitrogens with zero attached hydrogens (tertiary/aromatic N) is 4. The number of hydrogen-bond donors (Lipinski definition) is 0. The molecule has 24 heavy (non-hydrogen) atoms. The lowest BCUT2D eigenvalue weighted by molar-refractivity contribution is -0.130. The summed E-state index contributed by atoms with van der Waals surface area (Å²) >= 11 is 0. The van der Waals surface area contributed by atoms with Crippen LogP contribution in [-0.2, 0) is 4.79 Å². The predicted octanol–water partition coefficient (Wildman–Crippen LogP) is 3.33. The zero-order valence-corrected chi connectivity index (χ0v) is 13.3. The molecule has 118 valence electrons. The van der Waals surface area contributed by atoms with E-state index in [9.17, 15) is 4.79 Å². The molecule has 1 amide bonds. The van der Waals surface area contributed by atoms with Gasteiger partial charge in [0.2, 0.25) is 5.91 Å². The minimum Gasteiger partial charge on any atom is -0.273 e. The van der Waals surface area contributed by atoms with Crippen molar-refractivity contribution >= 4 is 22.7 Å². The molecule has 4 rings (SSSR count). The highest BCUT2D eigenvalue weighted by molar-refractivity contribution is 6.04. The van der Waals surface area contributed by atoms with Crippen molar-refractivity contribution in [2.75, 3.05) is 0 Å². The van der Waals surface area contributed by atoms with Crippen LogP contribution in [0.4, 0.5) is 0 Å². The number of amides is 1. The van der Waals surface area contributed by atoms with Crippen LogP contribution in [0.1, 0.15) is 30.5 Å². The van der Waals surface area contributed by atoms with Gasteiger partial charge in [-0.25, -0.2) is 5.01 Å². The molecule has 1 aliphatic rings. The highest BCUT2D eigenvalue weighted by Gasteiger charge is 2.31. The van der Waals surface area contributed by atoms with E-state index in [2.05, 4.69) is 15.1 Å². The summed E-state index contributed by atoms with van der Waals surface area (Å²) in [5.74, 6) is -0.0561. The van der Waals surface area contributed by atoms with Gasteiger partial charge in [0.05, 0.1) is 22.8 Å². The third kappa shape index (κ3) is 2.54. The van der Waals surface area contributed by atoms with Gasteiger partial charge in [0.1, 0.15) is 0 Å². The molecule has 3 aromatic rings. The number of hydrogen-bond acceptors (Lipinski definition) is 4. The predicted molar refractivity (Wildman–Crippen MR) is 92.4 cm³/mol. The van der Waals surface area contributed by atoms with E-state index in [4.69, 9.17) is 0 Å². The number of benzene rings is 2. The zero-order valence-electron chi connectivity index (χ0n) is 13.3. The van der Waals surface area contributed by atoms with Crippen molar-refractivity contribution in [3.63, 3.8) is 0 Å². The summed E-state index contributed by atoms with van der Waals surface area (Å²) in [6.45, 7) is 1.55. The highest BCUT2D eigenvalue weighted by Crippen LogP contribution is 2.32. The van der Waals surface area contributed by atoms with E-state index in [0.717, 1.165) is 27.9 Å². The summed E-state index contributed by atoms with van der Waals surface area (Å²) in [6, 6.07) is 15.9. The van der Waals surface area contributed by atoms with Gasteiger partial charge in [-0.3, -0.25) is 14.8 Å². The number of carbonyl (C=O) groups excluding carboxylic acids is 1. The van der Waals surface area contributed by atoms with Crippen LogP contribution in [0.15, 0.2) is 66.0 Å². The first kappa shape index (κ1) is 14.5. The Labute approximate surface area is 139 Å². The van der Waals surface area contributed by atoms with E-state index in [-0.39, 0.29) is 11.9 Å². The standard InChI is InChI=1S/C19H16N4O/c1-13(24)23-19(14-5-3-2-4-6-14)12-17(22-23)15-7-8-16-18(11-15)21-10-9-20-16/h2-11,19H,12H2,1H3/t19-/m0/s1. The maximum atomic E-state index is 12.0. The van der Waals surface area contributed by atoms with Crippen LogP contribution in [-0.4, -0.2) is 26.6 Å². The number of rotatable bonds is 2. The van der Waals surface area contributed by atoms with Gasteiger partial charge < -0.3 is 0 Å². The minimum absolute atomic E-state index is 0.0561. The summed E-state index contributed by atoms with van der Waals surface area (Å²) < 4.78 is 0. The van der Waals surface area contributed by atoms with E-state index < -0.39 is 0 Å². The maximum absolute atomic E-state index is 12.0. The maximum Gasteiger partial charge on any atom is 0.240 e. The van der Waals surface area contributed by atoms with E-state index in [1.54, 1.807) is 24.3 Å². The van der Waals surface area contributed by atoms with Crippen LogP contribution in [0.5, 0.6) is 0 Å². The zero-order chi connectivity index (χ0) is 16.5. The van der Waals surface area contributed by atoms with Crippen LogP contribution in [0.2, 0.25) is 0 Å². The first-order valence-electron chi connectivity index (χ1n) is 7.86. The van der Waals surface area contributed by atoms with Crippen molar-refractivity contribution in [3.05, 3.63) is 72.1 Å². The van der Waals surface area contributed by atoms with Gasteiger partial charge in [-0.05, 0) is 17.7 Å². The third-order valence-corrected chi connectivity index (χ3v) is 4.22. The molecular formula is C19H16N4O. The molecule has 0 fully saturated rings. The van der Waals surface area contributed by atoms with Crippen LogP contribution in [0.25, 0.3) is 11.0 Å². The molecule has 0 saturated carbocycles. The van der Waals surface area contributed by atoms with Crippen molar-refractivity contribution in [1.29, 1.82) is 0 Å². The second-order valence-electron chi connectivity index (χ2n) is 5.80. The van der Waals surface area contributed by atoms with Crippen LogP contribution < -0.4 is 0 Å². The Morgan fingerprint density at radius 2 is 1.79 bits per heavy atom. The largest absolute Gasteiger partial charge is 0.273 e. The first-order chi connectivity index (χ1) is 11.7. The normalized spacial score (nSPS) is 17.1. The molecule has 5 nitrogen and oxygen atoms in total. The molecule has 0 radical (unpaired) electrons. The Morgan fingerprint density at radius 3 is 2.54 bits per heavy atom. The van der Waals surface area contributed by atoms with E-state index in [1.165, 1.54) is 0 Å². The summed E-state index contributed by atoms with van der Waals surface area (Å²) in [7, 11) is 0. The third-order valence-electron chi connectivity index (χ3n) is 4.22. The quantitative estimate of drug-likeness (QED) is 0.728. The molecule has 0 spiro atoms. The Hall–Kier alpha value is -3.08. The molecule has 2 aromatic carbocycles.